The number of H-pyrrole nitrogens is 1. The van der Waals surface area contributed by atoms with Gasteiger partial charge < -0.3 is 4.52 Å². The van der Waals surface area contributed by atoms with E-state index in [2.05, 4.69) is 15.4 Å². The maximum Gasteiger partial charge on any atom is 0.294 e. The third-order valence-corrected chi connectivity index (χ3v) is 2.60. The van der Waals surface area contributed by atoms with E-state index in [0.717, 1.165) is 11.1 Å². The summed E-state index contributed by atoms with van der Waals surface area (Å²) in [5, 5.41) is 10.8. The Kier molecular flexibility index (Phi) is 2.04. The topological polar surface area (TPSA) is 71.8 Å². The first kappa shape index (κ1) is 9.77. The number of hydrogen-bond donors (Lipinski definition) is 1. The van der Waals surface area contributed by atoms with Crippen LogP contribution < -0.4 is 5.56 Å². The summed E-state index contributed by atoms with van der Waals surface area (Å²) in [6, 6.07) is 7.87. The smallest absolute Gasteiger partial charge is 0.294 e. The van der Waals surface area contributed by atoms with E-state index in [1.54, 1.807) is 0 Å². The minimum absolute atomic E-state index is 0.275. The number of aryl methyl sites for hydroxylation is 1. The molecule has 0 saturated carbocycles. The van der Waals surface area contributed by atoms with Gasteiger partial charge in [0, 0.05) is 5.56 Å². The van der Waals surface area contributed by atoms with Gasteiger partial charge in [0.25, 0.3) is 5.56 Å². The van der Waals surface area contributed by atoms with E-state index in [1.165, 1.54) is 6.26 Å². The van der Waals surface area contributed by atoms with Gasteiger partial charge in [0.2, 0.25) is 0 Å². The zero-order valence-corrected chi connectivity index (χ0v) is 9.10. The number of rotatable bonds is 1. The number of nitrogens with one attached hydrogen (secondary N) is 1. The molecular weight excluding hydrogens is 218 g/mol. The van der Waals surface area contributed by atoms with Crippen LogP contribution in [0, 0.1) is 6.92 Å². The number of nitrogens with zero attached hydrogens (tertiary/aromatic N) is 2. The van der Waals surface area contributed by atoms with Crippen LogP contribution in [-0.4, -0.2) is 15.4 Å². The lowest BCUT2D eigenvalue weighted by Crippen LogP contribution is -2.09. The molecule has 0 atom stereocenters. The fraction of sp³-hybridized carbons (Fsp3) is 0.0833. The van der Waals surface area contributed by atoms with Crippen molar-refractivity contribution in [3.8, 4) is 11.3 Å². The van der Waals surface area contributed by atoms with E-state index in [0.29, 0.717) is 11.1 Å². The molecule has 0 fully saturated rings. The minimum atomic E-state index is -0.342. The lowest BCUT2D eigenvalue weighted by Gasteiger charge is -2.01. The Morgan fingerprint density at radius 1 is 1.35 bits per heavy atom. The largest absolute Gasteiger partial charge is 0.363 e. The van der Waals surface area contributed by atoms with Crippen LogP contribution in [-0.2, 0) is 0 Å². The summed E-state index contributed by atoms with van der Waals surface area (Å²) in [6.07, 6.45) is 1.44. The van der Waals surface area contributed by atoms with Crippen LogP contribution in [0.3, 0.4) is 0 Å². The first-order chi connectivity index (χ1) is 8.25. The fourth-order valence-electron chi connectivity index (χ4n) is 1.80. The van der Waals surface area contributed by atoms with Crippen LogP contribution in [0.5, 0.6) is 0 Å². The van der Waals surface area contributed by atoms with E-state index < -0.39 is 0 Å². The predicted molar refractivity (Wildman–Crippen MR) is 62.6 cm³/mol. The van der Waals surface area contributed by atoms with E-state index in [-0.39, 0.29) is 11.1 Å². The van der Waals surface area contributed by atoms with E-state index >= 15 is 0 Å². The summed E-state index contributed by atoms with van der Waals surface area (Å²) in [5.74, 6) is 0. The van der Waals surface area contributed by atoms with Gasteiger partial charge in [-0.2, -0.15) is 5.10 Å². The molecule has 1 N–H and O–H groups in total. The Hall–Kier alpha value is -2.43. The van der Waals surface area contributed by atoms with Crippen molar-refractivity contribution in [3.05, 3.63) is 46.4 Å². The van der Waals surface area contributed by atoms with E-state index in [4.69, 9.17) is 4.52 Å². The quantitative estimate of drug-likeness (QED) is 0.689. The normalized spacial score (nSPS) is 10.9. The summed E-state index contributed by atoms with van der Waals surface area (Å²) in [5.41, 5.74) is 2.65. The SMILES string of the molecule is Cc1cccc(-c2n[nH]c(=O)c3nocc23)c1. The van der Waals surface area contributed by atoms with Gasteiger partial charge in [-0.15, -0.1) is 0 Å². The maximum absolute atomic E-state index is 11.4. The predicted octanol–water partition coefficient (Wildman–Crippen LogP) is 1.89. The lowest BCUT2D eigenvalue weighted by molar-refractivity contribution is 0.428. The zero-order chi connectivity index (χ0) is 11.8. The van der Waals surface area contributed by atoms with Crippen molar-refractivity contribution < 1.29 is 4.52 Å². The Bertz CT molecular complexity index is 743. The average molecular weight is 227 g/mol. The van der Waals surface area contributed by atoms with Crippen molar-refractivity contribution in [1.29, 1.82) is 0 Å². The molecule has 5 heteroatoms. The number of hydrogen-bond acceptors (Lipinski definition) is 4. The second-order valence-corrected chi connectivity index (χ2v) is 3.85. The molecule has 0 bridgehead atoms. The summed E-state index contributed by atoms with van der Waals surface area (Å²) in [6.45, 7) is 2.00. The van der Waals surface area contributed by atoms with Crippen molar-refractivity contribution >= 4 is 10.9 Å². The molecule has 0 spiro atoms. The molecule has 5 nitrogen and oxygen atoms in total. The molecule has 0 amide bonds. The Labute approximate surface area is 96.1 Å². The molecule has 2 aromatic heterocycles. The number of aromatic nitrogens is 3. The summed E-state index contributed by atoms with van der Waals surface area (Å²) >= 11 is 0. The molecule has 17 heavy (non-hydrogen) atoms. The molecule has 0 saturated heterocycles. The monoisotopic (exact) mass is 227 g/mol. The van der Waals surface area contributed by atoms with Crippen LogP contribution in [0.4, 0.5) is 0 Å². The highest BCUT2D eigenvalue weighted by molar-refractivity contribution is 5.90. The van der Waals surface area contributed by atoms with E-state index in [1.807, 2.05) is 31.2 Å². The third kappa shape index (κ3) is 1.52. The van der Waals surface area contributed by atoms with Crippen LogP contribution >= 0.6 is 0 Å². The van der Waals surface area contributed by atoms with Crippen molar-refractivity contribution in [2.45, 2.75) is 6.92 Å². The van der Waals surface area contributed by atoms with Gasteiger partial charge in [0.15, 0.2) is 5.52 Å². The summed E-state index contributed by atoms with van der Waals surface area (Å²) in [4.78, 5) is 11.4. The van der Waals surface area contributed by atoms with Crippen LogP contribution in [0.1, 0.15) is 5.56 Å². The van der Waals surface area contributed by atoms with E-state index in [9.17, 15) is 4.79 Å². The molecule has 3 rings (SSSR count). The van der Waals surface area contributed by atoms with Gasteiger partial charge in [-0.3, -0.25) is 4.79 Å². The van der Waals surface area contributed by atoms with Gasteiger partial charge in [-0.25, -0.2) is 5.10 Å². The summed E-state index contributed by atoms with van der Waals surface area (Å²) < 4.78 is 4.83. The highest BCUT2D eigenvalue weighted by Crippen LogP contribution is 2.23. The van der Waals surface area contributed by atoms with Gasteiger partial charge in [0.05, 0.1) is 5.39 Å². The molecular formula is C12H9N3O2. The summed E-state index contributed by atoms with van der Waals surface area (Å²) in [7, 11) is 0. The first-order valence-corrected chi connectivity index (χ1v) is 5.15. The number of fused-ring (bicyclic) bond motifs is 1. The second kappa shape index (κ2) is 3.55. The zero-order valence-electron chi connectivity index (χ0n) is 9.10. The average Bonchev–Trinajstić information content (AvgIpc) is 2.79. The third-order valence-electron chi connectivity index (χ3n) is 2.60. The van der Waals surface area contributed by atoms with Gasteiger partial charge in [-0.05, 0) is 13.0 Å². The molecule has 0 radical (unpaired) electrons. The van der Waals surface area contributed by atoms with Crippen LogP contribution in [0.25, 0.3) is 22.2 Å². The molecule has 2 heterocycles. The van der Waals surface area contributed by atoms with Crippen molar-refractivity contribution in [2.75, 3.05) is 0 Å². The molecule has 0 aliphatic carbocycles. The Morgan fingerprint density at radius 3 is 3.06 bits per heavy atom. The first-order valence-electron chi connectivity index (χ1n) is 5.15. The Morgan fingerprint density at radius 2 is 2.24 bits per heavy atom. The molecule has 84 valence electrons. The van der Waals surface area contributed by atoms with Crippen LogP contribution in [0.2, 0.25) is 0 Å². The second-order valence-electron chi connectivity index (χ2n) is 3.85. The van der Waals surface area contributed by atoms with Crippen molar-refractivity contribution in [3.63, 3.8) is 0 Å². The number of benzene rings is 1. The Balaban J connectivity index is 2.35. The van der Waals surface area contributed by atoms with Gasteiger partial charge >= 0.3 is 0 Å². The molecule has 0 aliphatic heterocycles. The van der Waals surface area contributed by atoms with Gasteiger partial charge in [-0.1, -0.05) is 28.9 Å². The molecule has 1 aromatic carbocycles. The minimum Gasteiger partial charge on any atom is -0.363 e. The highest BCUT2D eigenvalue weighted by atomic mass is 16.5. The molecule has 0 aliphatic rings. The van der Waals surface area contributed by atoms with Crippen molar-refractivity contribution in [2.24, 2.45) is 0 Å². The van der Waals surface area contributed by atoms with Crippen LogP contribution in [0.15, 0.2) is 39.8 Å². The van der Waals surface area contributed by atoms with Crippen molar-refractivity contribution in [1.82, 2.24) is 15.4 Å². The standard InChI is InChI=1S/C12H9N3O2/c1-7-3-2-4-8(5-7)10-9-6-17-15-11(9)12(16)14-13-10/h2-6H,1H3,(H,14,16). The van der Waals surface area contributed by atoms with Gasteiger partial charge in [0.1, 0.15) is 12.0 Å². The number of aromatic amines is 1. The molecule has 3 aromatic rings. The lowest BCUT2D eigenvalue weighted by atomic mass is 10.1. The maximum atomic E-state index is 11.4. The molecule has 0 unspecified atom stereocenters. The highest BCUT2D eigenvalue weighted by Gasteiger charge is 2.11. The fourth-order valence-corrected chi connectivity index (χ4v) is 1.80.